The van der Waals surface area contributed by atoms with E-state index in [1.807, 2.05) is 0 Å². The quantitative estimate of drug-likeness (QED) is 0.0222. The highest BCUT2D eigenvalue weighted by Crippen LogP contribution is 2.45. The highest BCUT2D eigenvalue weighted by atomic mass is 31.2. The van der Waals surface area contributed by atoms with Crippen molar-refractivity contribution in [3.8, 4) is 0 Å². The molecule has 19 heteroatoms. The molecule has 102 heavy (non-hydrogen) atoms. The molecule has 0 saturated heterocycles. The van der Waals surface area contributed by atoms with E-state index in [-0.39, 0.29) is 25.7 Å². The number of aliphatic hydroxyl groups is 1. The van der Waals surface area contributed by atoms with Crippen LogP contribution in [0.25, 0.3) is 0 Å². The number of hydrogen-bond acceptors (Lipinski definition) is 15. The molecule has 0 aromatic rings. The number of rotatable bonds is 83. The van der Waals surface area contributed by atoms with Crippen LogP contribution >= 0.6 is 15.6 Å². The molecule has 0 aliphatic rings. The van der Waals surface area contributed by atoms with Gasteiger partial charge in [-0.15, -0.1) is 0 Å². The standard InChI is InChI=1S/C83H162O17P2/c1-6-9-12-15-18-21-24-27-29-31-33-35-38-41-47-52-57-62-67-81(86)94-72-78(99-82(87)68-63-58-53-48-42-39-36-34-32-30-28-25-22-19-16-13-10-7-2)74-97-101(89,90)95-70-77(84)71-96-102(91,92)98-75-79(100-83(88)69-64-59-54-49-44-43-45-50-55-60-65-76(4)5)73-93-80(85)66-61-56-51-46-40-37-26-23-20-17-14-11-8-3/h76-79,84H,6-75H2,1-5H3,(H,89,90)(H,91,92)/t77-,78-,79-/m1/s1. The maximum absolute atomic E-state index is 13.1. The molecule has 0 rings (SSSR count). The van der Waals surface area contributed by atoms with Gasteiger partial charge in [-0.3, -0.25) is 37.3 Å². The fourth-order valence-electron chi connectivity index (χ4n) is 12.9. The van der Waals surface area contributed by atoms with Gasteiger partial charge in [-0.1, -0.05) is 394 Å². The van der Waals surface area contributed by atoms with Crippen LogP contribution in [0, 0.1) is 5.92 Å². The van der Waals surface area contributed by atoms with Gasteiger partial charge >= 0.3 is 39.5 Å². The first-order valence-corrected chi connectivity index (χ1v) is 46.1. The van der Waals surface area contributed by atoms with E-state index >= 15 is 0 Å². The second kappa shape index (κ2) is 75.9. The van der Waals surface area contributed by atoms with Gasteiger partial charge in [0.2, 0.25) is 0 Å². The van der Waals surface area contributed by atoms with Crippen LogP contribution in [0.5, 0.6) is 0 Å². The molecule has 0 amide bonds. The van der Waals surface area contributed by atoms with E-state index in [4.69, 9.17) is 37.0 Å². The van der Waals surface area contributed by atoms with E-state index in [0.717, 1.165) is 95.8 Å². The number of carbonyl (C=O) groups is 4. The molecule has 17 nitrogen and oxygen atoms in total. The molecule has 0 fully saturated rings. The maximum atomic E-state index is 13.1. The minimum absolute atomic E-state index is 0.107. The Morgan fingerprint density at radius 2 is 0.451 bits per heavy atom. The van der Waals surface area contributed by atoms with Crippen LogP contribution in [-0.2, 0) is 65.4 Å². The normalized spacial score (nSPS) is 13.8. The predicted molar refractivity (Wildman–Crippen MR) is 418 cm³/mol. The lowest BCUT2D eigenvalue weighted by Crippen LogP contribution is -2.30. The van der Waals surface area contributed by atoms with Crippen molar-refractivity contribution in [2.75, 3.05) is 39.6 Å². The van der Waals surface area contributed by atoms with Gasteiger partial charge in [-0.05, 0) is 31.6 Å². The Balaban J connectivity index is 5.25. The van der Waals surface area contributed by atoms with Crippen LogP contribution in [-0.4, -0.2) is 96.7 Å². The van der Waals surface area contributed by atoms with Gasteiger partial charge in [0.05, 0.1) is 26.4 Å². The summed E-state index contributed by atoms with van der Waals surface area (Å²) in [6, 6.07) is 0. The Morgan fingerprint density at radius 3 is 0.667 bits per heavy atom. The van der Waals surface area contributed by atoms with Crippen molar-refractivity contribution in [3.05, 3.63) is 0 Å². The predicted octanol–water partition coefficient (Wildman–Crippen LogP) is 25.2. The molecule has 0 spiro atoms. The molecule has 2 unspecified atom stereocenters. The minimum Gasteiger partial charge on any atom is -0.462 e. The SMILES string of the molecule is CCCCCCCCCCCCCCCCCCCCC(=O)OC[C@H](COP(=O)(O)OC[C@@H](O)COP(=O)(O)OC[C@@H](COC(=O)CCCCCCCCCCCCCCC)OC(=O)CCCCCCCCCCCCC(C)C)OC(=O)CCCCCCCCCCCCCCCCCCCC. The smallest absolute Gasteiger partial charge is 0.462 e. The zero-order chi connectivity index (χ0) is 74.8. The van der Waals surface area contributed by atoms with Crippen LogP contribution in [0.3, 0.4) is 0 Å². The highest BCUT2D eigenvalue weighted by Gasteiger charge is 2.30. The minimum atomic E-state index is -4.96. The molecule has 606 valence electrons. The van der Waals surface area contributed by atoms with E-state index in [9.17, 15) is 43.2 Å². The lowest BCUT2D eigenvalue weighted by molar-refractivity contribution is -0.161. The highest BCUT2D eigenvalue weighted by molar-refractivity contribution is 7.47. The molecule has 3 N–H and O–H groups in total. The second-order valence-corrected chi connectivity index (χ2v) is 33.3. The van der Waals surface area contributed by atoms with Crippen molar-refractivity contribution in [1.82, 2.24) is 0 Å². The zero-order valence-corrected chi connectivity index (χ0v) is 68.5. The van der Waals surface area contributed by atoms with Gasteiger partial charge in [0, 0.05) is 25.7 Å². The third-order valence-electron chi connectivity index (χ3n) is 19.5. The third-order valence-corrected chi connectivity index (χ3v) is 21.4. The van der Waals surface area contributed by atoms with Crippen LogP contribution in [0.4, 0.5) is 0 Å². The summed E-state index contributed by atoms with van der Waals surface area (Å²) in [7, 11) is -9.92. The second-order valence-electron chi connectivity index (χ2n) is 30.3. The number of aliphatic hydroxyl groups excluding tert-OH is 1. The number of phosphoric acid groups is 2. The monoisotopic (exact) mass is 1490 g/mol. The number of carbonyl (C=O) groups excluding carboxylic acids is 4. The van der Waals surface area contributed by atoms with E-state index in [0.29, 0.717) is 25.7 Å². The summed E-state index contributed by atoms with van der Waals surface area (Å²) in [4.78, 5) is 73.1. The summed E-state index contributed by atoms with van der Waals surface area (Å²) in [5.41, 5.74) is 0. The average molecular weight is 1490 g/mol. The molecule has 0 aliphatic carbocycles. The Morgan fingerprint density at radius 1 is 0.265 bits per heavy atom. The fourth-order valence-corrected chi connectivity index (χ4v) is 14.5. The van der Waals surface area contributed by atoms with Crippen LogP contribution < -0.4 is 0 Å². The van der Waals surface area contributed by atoms with Crippen LogP contribution in [0.2, 0.25) is 0 Å². The van der Waals surface area contributed by atoms with Gasteiger partial charge in [0.15, 0.2) is 12.2 Å². The summed E-state index contributed by atoms with van der Waals surface area (Å²) in [5.74, 6) is -1.35. The van der Waals surface area contributed by atoms with Crippen molar-refractivity contribution >= 4 is 39.5 Å². The Hall–Kier alpha value is -1.94. The number of hydrogen-bond donors (Lipinski definition) is 3. The molecular formula is C83H162O17P2. The fraction of sp³-hybridized carbons (Fsp3) is 0.952. The lowest BCUT2D eigenvalue weighted by Gasteiger charge is -2.21. The number of phosphoric ester groups is 2. The molecular weight excluding hydrogens is 1330 g/mol. The van der Waals surface area contributed by atoms with Gasteiger partial charge in [0.1, 0.15) is 19.3 Å². The van der Waals surface area contributed by atoms with Gasteiger partial charge in [0.25, 0.3) is 0 Å². The van der Waals surface area contributed by atoms with Crippen molar-refractivity contribution in [2.45, 2.75) is 464 Å². The molecule has 0 heterocycles. The Bertz CT molecular complexity index is 1940. The summed E-state index contributed by atoms with van der Waals surface area (Å²) >= 11 is 0. The summed E-state index contributed by atoms with van der Waals surface area (Å²) in [6.45, 7) is 7.34. The van der Waals surface area contributed by atoms with E-state index in [2.05, 4.69) is 34.6 Å². The molecule has 0 saturated carbocycles. The maximum Gasteiger partial charge on any atom is 0.472 e. The van der Waals surface area contributed by atoms with E-state index in [1.54, 1.807) is 0 Å². The summed E-state index contributed by atoms with van der Waals surface area (Å²) in [5, 5.41) is 10.7. The summed E-state index contributed by atoms with van der Waals surface area (Å²) in [6.07, 6.45) is 67.9. The lowest BCUT2D eigenvalue weighted by atomic mass is 10.0. The van der Waals surface area contributed by atoms with Crippen LogP contribution in [0.15, 0.2) is 0 Å². The Labute approximate surface area is 626 Å². The largest absolute Gasteiger partial charge is 0.472 e. The number of ether oxygens (including phenoxy) is 4. The molecule has 0 aromatic carbocycles. The van der Waals surface area contributed by atoms with Crippen molar-refractivity contribution < 1.29 is 80.2 Å². The molecule has 0 aliphatic heterocycles. The zero-order valence-electron chi connectivity index (χ0n) is 66.8. The van der Waals surface area contributed by atoms with E-state index in [1.165, 1.54) is 270 Å². The van der Waals surface area contributed by atoms with Gasteiger partial charge < -0.3 is 33.8 Å². The van der Waals surface area contributed by atoms with Gasteiger partial charge in [-0.2, -0.15) is 0 Å². The first kappa shape index (κ1) is 100. The van der Waals surface area contributed by atoms with Crippen molar-refractivity contribution in [3.63, 3.8) is 0 Å². The molecule has 0 aromatic heterocycles. The summed E-state index contributed by atoms with van der Waals surface area (Å²) < 4.78 is 68.8. The Kier molecular flexibility index (Phi) is 74.4. The first-order chi connectivity index (χ1) is 49.5. The number of unbranched alkanes of at least 4 members (excludes halogenated alkanes) is 55. The topological polar surface area (TPSA) is 237 Å². The third kappa shape index (κ3) is 76.3. The van der Waals surface area contributed by atoms with Crippen LogP contribution in [0.1, 0.15) is 446 Å². The van der Waals surface area contributed by atoms with E-state index < -0.39 is 97.5 Å². The van der Waals surface area contributed by atoms with Gasteiger partial charge in [-0.25, -0.2) is 9.13 Å². The van der Waals surface area contributed by atoms with Crippen molar-refractivity contribution in [2.24, 2.45) is 5.92 Å². The molecule has 0 radical (unpaired) electrons. The van der Waals surface area contributed by atoms with Crippen molar-refractivity contribution in [1.29, 1.82) is 0 Å². The average Bonchev–Trinajstić information content (AvgIpc) is 0.935. The number of esters is 4. The molecule has 5 atom stereocenters. The first-order valence-electron chi connectivity index (χ1n) is 43.1. The molecule has 0 bridgehead atoms.